The first-order chi connectivity index (χ1) is 9.24. The van der Waals surface area contributed by atoms with Crippen molar-refractivity contribution in [3.63, 3.8) is 0 Å². The summed E-state index contributed by atoms with van der Waals surface area (Å²) in [6.45, 7) is 0.829. The van der Waals surface area contributed by atoms with Gasteiger partial charge in [0.25, 0.3) is 5.91 Å². The van der Waals surface area contributed by atoms with Gasteiger partial charge in [-0.25, -0.2) is 0 Å². The van der Waals surface area contributed by atoms with Crippen molar-refractivity contribution in [2.75, 3.05) is 27.2 Å². The van der Waals surface area contributed by atoms with E-state index in [1.165, 1.54) is 0 Å². The quantitative estimate of drug-likeness (QED) is 0.847. The third kappa shape index (κ3) is 4.61. The number of benzene rings is 1. The van der Waals surface area contributed by atoms with E-state index in [0.717, 1.165) is 6.07 Å². The Kier molecular flexibility index (Phi) is 5.20. The third-order valence-corrected chi connectivity index (χ3v) is 2.46. The Morgan fingerprint density at radius 2 is 1.95 bits per heavy atom. The van der Waals surface area contributed by atoms with Crippen molar-refractivity contribution in [3.05, 3.63) is 34.2 Å². The van der Waals surface area contributed by atoms with E-state index in [1.54, 1.807) is 14.1 Å². The highest BCUT2D eigenvalue weighted by atomic mass is 19.4. The maximum atomic E-state index is 12.6. The minimum absolute atomic E-state index is 0.242. The second-order valence-electron chi connectivity index (χ2n) is 4.42. The fourth-order valence-electron chi connectivity index (χ4n) is 1.45. The maximum absolute atomic E-state index is 12.6. The van der Waals surface area contributed by atoms with Crippen molar-refractivity contribution in [1.82, 2.24) is 10.2 Å². The highest BCUT2D eigenvalue weighted by molar-refractivity contribution is 5.95. The Morgan fingerprint density at radius 3 is 2.45 bits per heavy atom. The van der Waals surface area contributed by atoms with Crippen LogP contribution in [0.15, 0.2) is 23.4 Å². The van der Waals surface area contributed by atoms with Gasteiger partial charge in [-0.1, -0.05) is 0 Å². The van der Waals surface area contributed by atoms with Crippen LogP contribution in [0.25, 0.3) is 0 Å². The zero-order valence-corrected chi connectivity index (χ0v) is 11.0. The van der Waals surface area contributed by atoms with Gasteiger partial charge in [0.1, 0.15) is 5.69 Å². The third-order valence-electron chi connectivity index (χ3n) is 2.46. The zero-order valence-electron chi connectivity index (χ0n) is 11.0. The maximum Gasteiger partial charge on any atom is 0.416 e. The zero-order chi connectivity index (χ0) is 15.3. The number of hydrogen-bond donors (Lipinski definition) is 1. The van der Waals surface area contributed by atoms with Crippen LogP contribution in [0.2, 0.25) is 0 Å². The Balaban J connectivity index is 2.94. The molecule has 0 aliphatic heterocycles. The molecule has 0 saturated heterocycles. The van der Waals surface area contributed by atoms with Crippen molar-refractivity contribution in [2.45, 2.75) is 6.18 Å². The number of nitrogens with one attached hydrogen (secondary N) is 1. The van der Waals surface area contributed by atoms with E-state index in [0.29, 0.717) is 18.7 Å². The minimum Gasteiger partial charge on any atom is -0.351 e. The molecule has 0 radical (unpaired) electrons. The normalized spacial score (nSPS) is 11.5. The molecule has 0 atom stereocenters. The van der Waals surface area contributed by atoms with Crippen LogP contribution in [0.3, 0.4) is 0 Å². The number of carbonyl (C=O) groups excluding carboxylic acids is 1. The minimum atomic E-state index is -4.64. The molecule has 1 aromatic rings. The second-order valence-corrected chi connectivity index (χ2v) is 4.42. The van der Waals surface area contributed by atoms with Crippen molar-refractivity contribution >= 4 is 11.6 Å². The molecule has 1 rings (SSSR count). The summed E-state index contributed by atoms with van der Waals surface area (Å²) in [7, 11) is 3.59. The number of likely N-dealkylation sites (N-methyl/N-ethyl adjacent to an activating group) is 1. The molecule has 110 valence electrons. The van der Waals surface area contributed by atoms with E-state index >= 15 is 0 Å². The molecule has 0 bridgehead atoms. The highest BCUT2D eigenvalue weighted by Crippen LogP contribution is 2.32. The molecule has 1 amide bonds. The first kappa shape index (κ1) is 16.1. The van der Waals surface area contributed by atoms with Gasteiger partial charge in [-0.05, 0) is 37.5 Å². The van der Waals surface area contributed by atoms with Crippen LogP contribution in [-0.4, -0.2) is 38.0 Å². The smallest absolute Gasteiger partial charge is 0.351 e. The Morgan fingerprint density at radius 1 is 1.30 bits per heavy atom. The Labute approximate surface area is 113 Å². The lowest BCUT2D eigenvalue weighted by molar-refractivity contribution is -0.137. The molecule has 20 heavy (non-hydrogen) atoms. The van der Waals surface area contributed by atoms with Gasteiger partial charge in [0.05, 0.1) is 5.56 Å². The average molecular weight is 289 g/mol. The van der Waals surface area contributed by atoms with Gasteiger partial charge in [-0.3, -0.25) is 4.79 Å². The van der Waals surface area contributed by atoms with Gasteiger partial charge < -0.3 is 10.2 Å². The van der Waals surface area contributed by atoms with Crippen molar-refractivity contribution < 1.29 is 18.0 Å². The van der Waals surface area contributed by atoms with E-state index in [2.05, 4.69) is 10.5 Å². The topological polar surface area (TPSA) is 61.8 Å². The summed E-state index contributed by atoms with van der Waals surface area (Å²) in [5.74, 6) is -0.678. The van der Waals surface area contributed by atoms with Crippen LogP contribution >= 0.6 is 0 Å². The molecule has 0 fully saturated rings. The number of carbonyl (C=O) groups is 1. The van der Waals surface area contributed by atoms with Crippen LogP contribution in [0.4, 0.5) is 18.9 Å². The Bertz CT molecular complexity index is 501. The summed E-state index contributed by atoms with van der Waals surface area (Å²) in [5.41, 5.74) is -1.75. The lowest BCUT2D eigenvalue weighted by atomic mass is 10.1. The number of hydrogen-bond acceptors (Lipinski definition) is 4. The van der Waals surface area contributed by atoms with Gasteiger partial charge in [0, 0.05) is 18.7 Å². The lowest BCUT2D eigenvalue weighted by Gasteiger charge is -2.12. The van der Waals surface area contributed by atoms with Gasteiger partial charge in [-0.2, -0.15) is 13.2 Å². The molecular weight excluding hydrogens is 275 g/mol. The molecule has 0 spiro atoms. The molecular formula is C12H14F3N3O2. The largest absolute Gasteiger partial charge is 0.416 e. The van der Waals surface area contributed by atoms with Crippen LogP contribution in [0, 0.1) is 4.91 Å². The summed E-state index contributed by atoms with van der Waals surface area (Å²) >= 11 is 0. The van der Waals surface area contributed by atoms with E-state index < -0.39 is 23.3 Å². The summed E-state index contributed by atoms with van der Waals surface area (Å²) in [5, 5.41) is 4.93. The fraction of sp³-hybridized carbons (Fsp3) is 0.417. The number of nitroso groups, excluding NO2 is 1. The van der Waals surface area contributed by atoms with Crippen molar-refractivity contribution in [1.29, 1.82) is 0 Å². The van der Waals surface area contributed by atoms with Gasteiger partial charge in [0.15, 0.2) is 0 Å². The number of halogens is 3. The predicted octanol–water partition coefficient (Wildman–Crippen LogP) is 2.39. The summed E-state index contributed by atoms with van der Waals surface area (Å²) < 4.78 is 37.9. The molecule has 0 aromatic heterocycles. The summed E-state index contributed by atoms with van der Waals surface area (Å²) in [4.78, 5) is 24.0. The van der Waals surface area contributed by atoms with Crippen molar-refractivity contribution in [3.8, 4) is 0 Å². The molecule has 0 saturated carbocycles. The molecule has 5 nitrogen and oxygen atoms in total. The van der Waals surface area contributed by atoms with Crippen LogP contribution in [0.5, 0.6) is 0 Å². The van der Waals surface area contributed by atoms with Crippen molar-refractivity contribution in [2.24, 2.45) is 5.18 Å². The standard InChI is InChI=1S/C12H14F3N3O2/c1-18(2)4-3-16-11(19)8-5-9(12(13,14)15)7-10(6-8)17-20/h5-7H,3-4H2,1-2H3,(H,16,19). The van der Waals surface area contributed by atoms with Crippen LogP contribution in [0.1, 0.15) is 15.9 Å². The SMILES string of the molecule is CN(C)CCNC(=O)c1cc(N=O)cc(C(F)(F)F)c1. The van der Waals surface area contributed by atoms with E-state index in [-0.39, 0.29) is 12.1 Å². The first-order valence-corrected chi connectivity index (χ1v) is 5.72. The number of amides is 1. The molecule has 0 aliphatic carbocycles. The van der Waals surface area contributed by atoms with E-state index in [1.807, 2.05) is 4.90 Å². The molecule has 1 aromatic carbocycles. The van der Waals surface area contributed by atoms with E-state index in [4.69, 9.17) is 0 Å². The summed E-state index contributed by atoms with van der Waals surface area (Å²) in [6, 6.07) is 2.32. The average Bonchev–Trinajstić information content (AvgIpc) is 2.36. The molecule has 0 unspecified atom stereocenters. The molecule has 8 heteroatoms. The molecule has 1 N–H and O–H groups in total. The summed E-state index contributed by atoms with van der Waals surface area (Å²) in [6.07, 6.45) is -4.64. The van der Waals surface area contributed by atoms with Crippen LogP contribution < -0.4 is 5.32 Å². The molecule has 0 aliphatic rings. The Hall–Kier alpha value is -1.96. The molecule has 0 heterocycles. The number of alkyl halides is 3. The second kappa shape index (κ2) is 6.47. The number of nitrogens with zero attached hydrogens (tertiary/aromatic N) is 2. The first-order valence-electron chi connectivity index (χ1n) is 5.72. The van der Waals surface area contributed by atoms with Gasteiger partial charge in [0.2, 0.25) is 0 Å². The lowest BCUT2D eigenvalue weighted by Crippen LogP contribution is -2.31. The van der Waals surface area contributed by atoms with Gasteiger partial charge >= 0.3 is 6.18 Å². The number of rotatable bonds is 5. The highest BCUT2D eigenvalue weighted by Gasteiger charge is 2.32. The monoisotopic (exact) mass is 289 g/mol. The van der Waals surface area contributed by atoms with Gasteiger partial charge in [-0.15, -0.1) is 4.91 Å². The van der Waals surface area contributed by atoms with E-state index in [9.17, 15) is 22.9 Å². The van der Waals surface area contributed by atoms with Crippen LogP contribution in [-0.2, 0) is 6.18 Å². The predicted molar refractivity (Wildman–Crippen MR) is 67.8 cm³/mol. The fourth-order valence-corrected chi connectivity index (χ4v) is 1.45.